The molecule has 0 saturated carbocycles. The van der Waals surface area contributed by atoms with E-state index in [1.54, 1.807) is 0 Å². The summed E-state index contributed by atoms with van der Waals surface area (Å²) in [5, 5.41) is 0. The van der Waals surface area contributed by atoms with Gasteiger partial charge in [-0.05, 0) is 49.8 Å². The standard InChI is InChI=1S/C16H25NO/c1-10(2)6-15(17)16(18)9-14-12(4)7-11(3)8-13(14)5/h7-8,10,15H,6,9,17H2,1-5H3. The zero-order valence-corrected chi connectivity index (χ0v) is 12.2. The average Bonchev–Trinajstić information content (AvgIpc) is 2.21. The first-order chi connectivity index (χ1) is 8.31. The van der Waals surface area contributed by atoms with Gasteiger partial charge >= 0.3 is 0 Å². The maximum Gasteiger partial charge on any atom is 0.153 e. The minimum atomic E-state index is -0.329. The Morgan fingerprint density at radius 2 is 1.67 bits per heavy atom. The fourth-order valence-corrected chi connectivity index (χ4v) is 2.43. The Morgan fingerprint density at radius 3 is 2.11 bits per heavy atom. The van der Waals surface area contributed by atoms with E-state index in [0.717, 1.165) is 12.0 Å². The van der Waals surface area contributed by atoms with Crippen molar-refractivity contribution in [1.29, 1.82) is 0 Å². The summed E-state index contributed by atoms with van der Waals surface area (Å²) in [7, 11) is 0. The predicted octanol–water partition coefficient (Wildman–Crippen LogP) is 3.10. The molecule has 2 N–H and O–H groups in total. The van der Waals surface area contributed by atoms with E-state index in [0.29, 0.717) is 12.3 Å². The minimum Gasteiger partial charge on any atom is -0.321 e. The SMILES string of the molecule is Cc1cc(C)c(CC(=O)C(N)CC(C)C)c(C)c1. The second kappa shape index (κ2) is 6.14. The Balaban J connectivity index is 2.82. The highest BCUT2D eigenvalue weighted by atomic mass is 16.1. The zero-order chi connectivity index (χ0) is 13.9. The molecule has 1 unspecified atom stereocenters. The third-order valence-corrected chi connectivity index (χ3v) is 3.33. The predicted molar refractivity (Wildman–Crippen MR) is 76.8 cm³/mol. The van der Waals surface area contributed by atoms with Gasteiger partial charge in [-0.3, -0.25) is 4.79 Å². The summed E-state index contributed by atoms with van der Waals surface area (Å²) in [5.74, 6) is 0.614. The van der Waals surface area contributed by atoms with Crippen LogP contribution in [0.1, 0.15) is 42.5 Å². The molecular formula is C16H25NO. The summed E-state index contributed by atoms with van der Waals surface area (Å²) >= 11 is 0. The van der Waals surface area contributed by atoms with Gasteiger partial charge in [0.2, 0.25) is 0 Å². The molecule has 0 bridgehead atoms. The quantitative estimate of drug-likeness (QED) is 0.869. The van der Waals surface area contributed by atoms with Gasteiger partial charge in [0.1, 0.15) is 0 Å². The number of benzene rings is 1. The summed E-state index contributed by atoms with van der Waals surface area (Å²) in [4.78, 5) is 12.1. The lowest BCUT2D eigenvalue weighted by Gasteiger charge is -2.15. The Morgan fingerprint density at radius 1 is 1.17 bits per heavy atom. The van der Waals surface area contributed by atoms with Gasteiger partial charge in [-0.15, -0.1) is 0 Å². The number of ketones is 1. The summed E-state index contributed by atoms with van der Waals surface area (Å²) in [6.45, 7) is 10.4. The molecule has 0 spiro atoms. The van der Waals surface area contributed by atoms with Crippen LogP contribution in [0.2, 0.25) is 0 Å². The smallest absolute Gasteiger partial charge is 0.153 e. The fraction of sp³-hybridized carbons (Fsp3) is 0.562. The second-order valence-electron chi connectivity index (χ2n) is 5.76. The average molecular weight is 247 g/mol. The van der Waals surface area contributed by atoms with Crippen molar-refractivity contribution in [3.05, 3.63) is 34.4 Å². The van der Waals surface area contributed by atoms with E-state index >= 15 is 0 Å². The molecule has 0 amide bonds. The van der Waals surface area contributed by atoms with Crippen LogP contribution < -0.4 is 5.73 Å². The Labute approximate surface area is 111 Å². The van der Waals surface area contributed by atoms with Gasteiger partial charge < -0.3 is 5.73 Å². The van der Waals surface area contributed by atoms with Crippen LogP contribution in [-0.4, -0.2) is 11.8 Å². The highest BCUT2D eigenvalue weighted by Gasteiger charge is 2.17. The van der Waals surface area contributed by atoms with E-state index in [1.807, 2.05) is 0 Å². The van der Waals surface area contributed by atoms with Gasteiger partial charge in [-0.1, -0.05) is 31.5 Å². The third-order valence-electron chi connectivity index (χ3n) is 3.33. The summed E-state index contributed by atoms with van der Waals surface area (Å²) < 4.78 is 0. The van der Waals surface area contributed by atoms with Crippen LogP contribution >= 0.6 is 0 Å². The van der Waals surface area contributed by atoms with Crippen LogP contribution in [0.5, 0.6) is 0 Å². The van der Waals surface area contributed by atoms with Crippen LogP contribution in [0.15, 0.2) is 12.1 Å². The van der Waals surface area contributed by atoms with Crippen LogP contribution in [0.25, 0.3) is 0 Å². The number of Topliss-reactive ketones (excluding diaryl/α,β-unsaturated/α-hetero) is 1. The molecule has 1 aromatic carbocycles. The molecule has 2 nitrogen and oxygen atoms in total. The fourth-order valence-electron chi connectivity index (χ4n) is 2.43. The molecule has 0 aliphatic rings. The number of rotatable bonds is 5. The van der Waals surface area contributed by atoms with E-state index in [9.17, 15) is 4.79 Å². The van der Waals surface area contributed by atoms with E-state index in [-0.39, 0.29) is 11.8 Å². The molecule has 0 radical (unpaired) electrons. The number of hydrogen-bond donors (Lipinski definition) is 1. The Hall–Kier alpha value is -1.15. The Kier molecular flexibility index (Phi) is 5.09. The minimum absolute atomic E-state index is 0.152. The van der Waals surface area contributed by atoms with Crippen molar-refractivity contribution in [2.45, 2.75) is 53.5 Å². The maximum atomic E-state index is 12.1. The normalized spacial score (nSPS) is 12.8. The van der Waals surface area contributed by atoms with Crippen molar-refractivity contribution in [3.8, 4) is 0 Å². The first-order valence-electron chi connectivity index (χ1n) is 6.66. The molecule has 0 aliphatic heterocycles. The molecule has 0 aliphatic carbocycles. The lowest BCUT2D eigenvalue weighted by molar-refractivity contribution is -0.120. The zero-order valence-electron chi connectivity index (χ0n) is 12.2. The van der Waals surface area contributed by atoms with Gasteiger partial charge in [-0.2, -0.15) is 0 Å². The topological polar surface area (TPSA) is 43.1 Å². The van der Waals surface area contributed by atoms with Crippen LogP contribution in [0.3, 0.4) is 0 Å². The third kappa shape index (κ3) is 3.95. The highest BCUT2D eigenvalue weighted by molar-refractivity contribution is 5.86. The molecule has 100 valence electrons. The number of aryl methyl sites for hydroxylation is 3. The molecule has 18 heavy (non-hydrogen) atoms. The molecule has 0 fully saturated rings. The van der Waals surface area contributed by atoms with E-state index < -0.39 is 0 Å². The number of hydrogen-bond acceptors (Lipinski definition) is 2. The monoisotopic (exact) mass is 247 g/mol. The summed E-state index contributed by atoms with van der Waals surface area (Å²) in [6.07, 6.45) is 1.23. The van der Waals surface area contributed by atoms with Gasteiger partial charge in [-0.25, -0.2) is 0 Å². The van der Waals surface area contributed by atoms with Gasteiger partial charge in [0.25, 0.3) is 0 Å². The van der Waals surface area contributed by atoms with Crippen molar-refractivity contribution >= 4 is 5.78 Å². The molecule has 0 heterocycles. The van der Waals surface area contributed by atoms with E-state index in [1.165, 1.54) is 16.7 Å². The van der Waals surface area contributed by atoms with E-state index in [2.05, 4.69) is 46.8 Å². The second-order valence-corrected chi connectivity index (χ2v) is 5.76. The first kappa shape index (κ1) is 14.9. The largest absolute Gasteiger partial charge is 0.321 e. The van der Waals surface area contributed by atoms with Crippen LogP contribution in [-0.2, 0) is 11.2 Å². The summed E-state index contributed by atoms with van der Waals surface area (Å²) in [6, 6.07) is 3.93. The van der Waals surface area contributed by atoms with Crippen LogP contribution in [0, 0.1) is 26.7 Å². The lowest BCUT2D eigenvalue weighted by Crippen LogP contribution is -2.33. The number of carbonyl (C=O) groups is 1. The van der Waals surface area contributed by atoms with E-state index in [4.69, 9.17) is 5.73 Å². The van der Waals surface area contributed by atoms with Gasteiger partial charge in [0, 0.05) is 6.42 Å². The van der Waals surface area contributed by atoms with Crippen molar-refractivity contribution in [1.82, 2.24) is 0 Å². The van der Waals surface area contributed by atoms with Crippen molar-refractivity contribution in [2.24, 2.45) is 11.7 Å². The van der Waals surface area contributed by atoms with Gasteiger partial charge in [0.15, 0.2) is 5.78 Å². The molecular weight excluding hydrogens is 222 g/mol. The first-order valence-corrected chi connectivity index (χ1v) is 6.66. The summed E-state index contributed by atoms with van der Waals surface area (Å²) in [5.41, 5.74) is 10.7. The van der Waals surface area contributed by atoms with Crippen molar-refractivity contribution in [3.63, 3.8) is 0 Å². The molecule has 0 aromatic heterocycles. The molecule has 2 heteroatoms. The highest BCUT2D eigenvalue weighted by Crippen LogP contribution is 2.18. The Bertz CT molecular complexity index is 412. The van der Waals surface area contributed by atoms with Crippen molar-refractivity contribution < 1.29 is 4.79 Å². The van der Waals surface area contributed by atoms with Gasteiger partial charge in [0.05, 0.1) is 6.04 Å². The van der Waals surface area contributed by atoms with Crippen LogP contribution in [0.4, 0.5) is 0 Å². The lowest BCUT2D eigenvalue weighted by atomic mass is 9.92. The van der Waals surface area contributed by atoms with Crippen molar-refractivity contribution in [2.75, 3.05) is 0 Å². The number of carbonyl (C=O) groups excluding carboxylic acids is 1. The molecule has 1 rings (SSSR count). The molecule has 1 aromatic rings. The molecule has 1 atom stereocenters. The molecule has 0 saturated heterocycles. The maximum absolute atomic E-state index is 12.1. The number of nitrogens with two attached hydrogens (primary N) is 1.